The van der Waals surface area contributed by atoms with Gasteiger partial charge in [-0.25, -0.2) is 13.6 Å². The van der Waals surface area contributed by atoms with Crippen molar-refractivity contribution in [2.45, 2.75) is 25.2 Å². The number of nitrogens with one attached hydrogen (secondary N) is 2. The molecule has 1 amide bonds. The van der Waals surface area contributed by atoms with Crippen LogP contribution in [0.2, 0.25) is 0 Å². The quantitative estimate of drug-likeness (QED) is 0.510. The number of fused-ring (bicyclic) bond motifs is 1. The van der Waals surface area contributed by atoms with Gasteiger partial charge in [0, 0.05) is 35.1 Å². The highest BCUT2D eigenvalue weighted by molar-refractivity contribution is 7.89. The van der Waals surface area contributed by atoms with E-state index in [4.69, 9.17) is 5.14 Å². The van der Waals surface area contributed by atoms with Crippen LogP contribution in [0.5, 0.6) is 0 Å². The Morgan fingerprint density at radius 2 is 1.86 bits per heavy atom. The zero-order valence-electron chi connectivity index (χ0n) is 15.5. The molecule has 0 bridgehead atoms. The molecule has 0 saturated heterocycles. The molecular weight excluding hydrogens is 378 g/mol. The highest BCUT2D eigenvalue weighted by Gasteiger charge is 2.25. The number of hydrogen-bond acceptors (Lipinski definition) is 5. The second kappa shape index (κ2) is 7.57. The standard InChI is InChI=1S/C20H21N3O4S/c1-12(2)9-19(24)13-3-8-18-16(10-13)17(20(25)23-18)11-22-14-4-6-15(7-5-14)28(21,26)27/h3-8,10-12,22H,9H2,1-2H3,(H,23,25)(H2,21,26,27)/b17-11-. The summed E-state index contributed by atoms with van der Waals surface area (Å²) in [5.41, 5.74) is 2.84. The molecule has 0 fully saturated rings. The first kappa shape index (κ1) is 19.8. The summed E-state index contributed by atoms with van der Waals surface area (Å²) >= 11 is 0. The number of sulfonamides is 1. The molecule has 146 valence electrons. The monoisotopic (exact) mass is 399 g/mol. The van der Waals surface area contributed by atoms with Crippen LogP contribution in [0.15, 0.2) is 53.6 Å². The lowest BCUT2D eigenvalue weighted by molar-refractivity contribution is -0.110. The van der Waals surface area contributed by atoms with Crippen molar-refractivity contribution in [3.8, 4) is 0 Å². The number of nitrogens with two attached hydrogens (primary N) is 1. The van der Waals surface area contributed by atoms with Gasteiger partial charge >= 0.3 is 0 Å². The molecule has 2 aromatic carbocycles. The van der Waals surface area contributed by atoms with E-state index in [-0.39, 0.29) is 22.5 Å². The predicted molar refractivity (Wildman–Crippen MR) is 108 cm³/mol. The molecule has 1 aliphatic rings. The third-order valence-electron chi connectivity index (χ3n) is 4.28. The van der Waals surface area contributed by atoms with Gasteiger partial charge in [-0.3, -0.25) is 9.59 Å². The fourth-order valence-electron chi connectivity index (χ4n) is 2.89. The lowest BCUT2D eigenvalue weighted by Gasteiger charge is -2.07. The number of Topliss-reactive ketones (excluding diaryl/α,β-unsaturated/α-hetero) is 1. The number of carbonyl (C=O) groups excluding carboxylic acids is 2. The molecule has 8 heteroatoms. The molecule has 0 atom stereocenters. The molecule has 0 aliphatic carbocycles. The highest BCUT2D eigenvalue weighted by Crippen LogP contribution is 2.33. The van der Waals surface area contributed by atoms with Gasteiger partial charge in [0.2, 0.25) is 10.0 Å². The molecule has 1 aliphatic heterocycles. The minimum atomic E-state index is -3.76. The number of amides is 1. The van der Waals surface area contributed by atoms with E-state index in [0.717, 1.165) is 0 Å². The Hall–Kier alpha value is -2.97. The van der Waals surface area contributed by atoms with Crippen LogP contribution in [0, 0.1) is 5.92 Å². The number of anilines is 2. The molecule has 0 radical (unpaired) electrons. The summed E-state index contributed by atoms with van der Waals surface area (Å²) in [4.78, 5) is 24.6. The Bertz CT molecular complexity index is 1070. The summed E-state index contributed by atoms with van der Waals surface area (Å²) in [6.07, 6.45) is 1.97. The van der Waals surface area contributed by atoms with E-state index in [9.17, 15) is 18.0 Å². The lowest BCUT2D eigenvalue weighted by Crippen LogP contribution is -2.11. The third kappa shape index (κ3) is 4.29. The first-order valence-electron chi connectivity index (χ1n) is 8.73. The molecule has 0 aromatic heterocycles. The van der Waals surface area contributed by atoms with E-state index in [0.29, 0.717) is 34.5 Å². The van der Waals surface area contributed by atoms with Crippen LogP contribution >= 0.6 is 0 Å². The molecule has 3 rings (SSSR count). The molecule has 7 nitrogen and oxygen atoms in total. The first-order valence-corrected chi connectivity index (χ1v) is 10.3. The van der Waals surface area contributed by atoms with Crippen molar-refractivity contribution < 1.29 is 18.0 Å². The molecule has 0 saturated carbocycles. The van der Waals surface area contributed by atoms with E-state index in [1.54, 1.807) is 30.3 Å². The normalized spacial score (nSPS) is 14.9. The van der Waals surface area contributed by atoms with E-state index in [2.05, 4.69) is 10.6 Å². The van der Waals surface area contributed by atoms with Crippen LogP contribution < -0.4 is 15.8 Å². The zero-order chi connectivity index (χ0) is 20.5. The van der Waals surface area contributed by atoms with Gasteiger partial charge in [-0.1, -0.05) is 13.8 Å². The Labute approximate surface area is 163 Å². The largest absolute Gasteiger partial charge is 0.361 e. The average molecular weight is 399 g/mol. The maximum Gasteiger partial charge on any atom is 0.257 e. The number of benzene rings is 2. The molecule has 0 spiro atoms. The maximum absolute atomic E-state index is 12.3. The number of primary sulfonamides is 1. The van der Waals surface area contributed by atoms with Gasteiger partial charge in [0.15, 0.2) is 5.78 Å². The summed E-state index contributed by atoms with van der Waals surface area (Å²) in [7, 11) is -3.76. The van der Waals surface area contributed by atoms with Crippen LogP contribution in [-0.4, -0.2) is 20.1 Å². The van der Waals surface area contributed by atoms with Crippen LogP contribution in [0.4, 0.5) is 11.4 Å². The maximum atomic E-state index is 12.3. The van der Waals surface area contributed by atoms with E-state index in [1.165, 1.54) is 18.3 Å². The van der Waals surface area contributed by atoms with Gasteiger partial charge in [0.05, 0.1) is 10.5 Å². The summed E-state index contributed by atoms with van der Waals surface area (Å²) < 4.78 is 22.6. The number of rotatable bonds is 6. The SMILES string of the molecule is CC(C)CC(=O)c1ccc2c(c1)/C(=C/Nc1ccc(S(N)(=O)=O)cc1)C(=O)N2. The highest BCUT2D eigenvalue weighted by atomic mass is 32.2. The third-order valence-corrected chi connectivity index (χ3v) is 5.21. The van der Waals surface area contributed by atoms with E-state index < -0.39 is 10.0 Å². The molecule has 2 aromatic rings. The summed E-state index contributed by atoms with van der Waals surface area (Å²) in [6, 6.07) is 11.0. The minimum absolute atomic E-state index is 0.00275. The second-order valence-corrected chi connectivity index (χ2v) is 8.57. The minimum Gasteiger partial charge on any atom is -0.361 e. The summed E-state index contributed by atoms with van der Waals surface area (Å²) in [5, 5.41) is 10.8. The van der Waals surface area contributed by atoms with Crippen molar-refractivity contribution in [1.29, 1.82) is 0 Å². The molecule has 1 heterocycles. The second-order valence-electron chi connectivity index (χ2n) is 7.01. The number of ketones is 1. The van der Waals surface area contributed by atoms with Crippen molar-refractivity contribution in [3.05, 3.63) is 59.8 Å². The van der Waals surface area contributed by atoms with Crippen molar-refractivity contribution in [1.82, 2.24) is 0 Å². The smallest absolute Gasteiger partial charge is 0.257 e. The topological polar surface area (TPSA) is 118 Å². The van der Waals surface area contributed by atoms with Crippen LogP contribution in [-0.2, 0) is 14.8 Å². The molecule has 28 heavy (non-hydrogen) atoms. The van der Waals surface area contributed by atoms with Gasteiger partial charge in [-0.2, -0.15) is 0 Å². The van der Waals surface area contributed by atoms with Gasteiger partial charge in [-0.15, -0.1) is 0 Å². The van der Waals surface area contributed by atoms with Crippen LogP contribution in [0.3, 0.4) is 0 Å². The first-order chi connectivity index (χ1) is 13.1. The van der Waals surface area contributed by atoms with Gasteiger partial charge in [0.25, 0.3) is 5.91 Å². The van der Waals surface area contributed by atoms with E-state index >= 15 is 0 Å². The van der Waals surface area contributed by atoms with Crippen LogP contribution in [0.25, 0.3) is 5.57 Å². The van der Waals surface area contributed by atoms with E-state index in [1.807, 2.05) is 13.8 Å². The fourth-order valence-corrected chi connectivity index (χ4v) is 3.41. The van der Waals surface area contributed by atoms with Crippen molar-refractivity contribution >= 4 is 38.7 Å². The van der Waals surface area contributed by atoms with Crippen molar-refractivity contribution in [3.63, 3.8) is 0 Å². The summed E-state index contributed by atoms with van der Waals surface area (Å²) in [6.45, 7) is 3.96. The Kier molecular flexibility index (Phi) is 5.35. The lowest BCUT2D eigenvalue weighted by atomic mass is 9.98. The molecule has 0 unspecified atom stereocenters. The van der Waals surface area contributed by atoms with Gasteiger partial charge in [-0.05, 0) is 48.4 Å². The predicted octanol–water partition coefficient (Wildman–Crippen LogP) is 2.97. The van der Waals surface area contributed by atoms with Gasteiger partial charge < -0.3 is 10.6 Å². The average Bonchev–Trinajstić information content (AvgIpc) is 2.93. The fraction of sp³-hybridized carbons (Fsp3) is 0.200. The van der Waals surface area contributed by atoms with Crippen molar-refractivity contribution in [2.24, 2.45) is 11.1 Å². The van der Waals surface area contributed by atoms with Crippen LogP contribution in [0.1, 0.15) is 36.2 Å². The zero-order valence-corrected chi connectivity index (χ0v) is 16.3. The Balaban J connectivity index is 1.85. The molecular formula is C20H21N3O4S. The Morgan fingerprint density at radius 3 is 2.46 bits per heavy atom. The van der Waals surface area contributed by atoms with Crippen molar-refractivity contribution in [2.75, 3.05) is 10.6 Å². The van der Waals surface area contributed by atoms with Gasteiger partial charge in [0.1, 0.15) is 0 Å². The number of hydrogen-bond donors (Lipinski definition) is 3. The summed E-state index contributed by atoms with van der Waals surface area (Å²) in [5.74, 6) is -0.00217. The number of carbonyl (C=O) groups is 2. The molecule has 4 N–H and O–H groups in total. The Morgan fingerprint density at radius 1 is 1.18 bits per heavy atom.